The van der Waals surface area contributed by atoms with E-state index in [2.05, 4.69) is 40.3 Å². The highest BCUT2D eigenvalue weighted by Gasteiger charge is 2.19. The van der Waals surface area contributed by atoms with Crippen molar-refractivity contribution < 1.29 is 4.39 Å². The summed E-state index contributed by atoms with van der Waals surface area (Å²) in [5.74, 6) is 5.44. The number of hydrogen-bond donors (Lipinski definition) is 2. The summed E-state index contributed by atoms with van der Waals surface area (Å²) in [5, 5.41) is 4.58. The molecule has 0 radical (unpaired) electrons. The third-order valence-corrected chi connectivity index (χ3v) is 4.48. The number of nitrogens with two attached hydrogens (primary N) is 1. The predicted octanol–water partition coefficient (Wildman–Crippen LogP) is 3.11. The van der Waals surface area contributed by atoms with Crippen LogP contribution in [0.1, 0.15) is 36.8 Å². The lowest BCUT2D eigenvalue weighted by Gasteiger charge is -2.17. The molecule has 6 heteroatoms. The van der Waals surface area contributed by atoms with E-state index in [1.165, 1.54) is 12.1 Å². The Kier molecular flexibility index (Phi) is 5.50. The molecule has 0 spiro atoms. The number of rotatable bonds is 6. The largest absolute Gasteiger partial charge is 0.271 e. The quantitative estimate of drug-likeness (QED) is 0.618. The number of aryl methyl sites for hydroxylation is 2. The average Bonchev–Trinajstić information content (AvgIpc) is 2.81. The summed E-state index contributed by atoms with van der Waals surface area (Å²) in [5.41, 5.74) is 5.90. The van der Waals surface area contributed by atoms with E-state index in [-0.39, 0.29) is 11.9 Å². The molecule has 2 aromatic rings. The molecule has 0 saturated heterocycles. The Balaban J connectivity index is 2.30. The molecule has 1 heterocycles. The second-order valence-corrected chi connectivity index (χ2v) is 5.64. The van der Waals surface area contributed by atoms with Crippen molar-refractivity contribution in [2.75, 3.05) is 0 Å². The molecule has 0 bridgehead atoms. The number of hydrogen-bond acceptors (Lipinski definition) is 3. The summed E-state index contributed by atoms with van der Waals surface area (Å²) >= 11 is 3.63. The smallest absolute Gasteiger partial charge is 0.123 e. The van der Waals surface area contributed by atoms with Gasteiger partial charge in [-0.3, -0.25) is 16.0 Å². The van der Waals surface area contributed by atoms with Crippen LogP contribution in [-0.4, -0.2) is 9.78 Å². The summed E-state index contributed by atoms with van der Waals surface area (Å²) < 4.78 is 16.1. The van der Waals surface area contributed by atoms with Crippen LogP contribution in [0.2, 0.25) is 0 Å². The molecule has 1 aromatic carbocycles. The summed E-state index contributed by atoms with van der Waals surface area (Å²) in [7, 11) is 0. The fourth-order valence-corrected chi connectivity index (χ4v) is 3.10. The first-order valence-corrected chi connectivity index (χ1v) is 7.85. The minimum absolute atomic E-state index is 0.0893. The number of nitrogens with zero attached hydrogens (tertiary/aromatic N) is 2. The van der Waals surface area contributed by atoms with Crippen molar-refractivity contribution in [2.45, 2.75) is 39.3 Å². The van der Waals surface area contributed by atoms with Gasteiger partial charge in [-0.1, -0.05) is 19.1 Å². The van der Waals surface area contributed by atoms with Crippen LogP contribution in [0.3, 0.4) is 0 Å². The van der Waals surface area contributed by atoms with Crippen LogP contribution in [0.5, 0.6) is 0 Å². The average molecular weight is 355 g/mol. The van der Waals surface area contributed by atoms with Gasteiger partial charge in [0.15, 0.2) is 0 Å². The molecular weight excluding hydrogens is 335 g/mol. The SMILES string of the molecule is CCc1nn(CC)c(CC(NN)c2ccc(F)cc2)c1Br. The van der Waals surface area contributed by atoms with Crippen molar-refractivity contribution in [1.29, 1.82) is 0 Å². The molecule has 1 unspecified atom stereocenters. The minimum Gasteiger partial charge on any atom is -0.271 e. The van der Waals surface area contributed by atoms with Gasteiger partial charge in [0.1, 0.15) is 5.82 Å². The Morgan fingerprint density at radius 2 is 2.00 bits per heavy atom. The van der Waals surface area contributed by atoms with Crippen molar-refractivity contribution in [1.82, 2.24) is 15.2 Å². The van der Waals surface area contributed by atoms with E-state index in [1.54, 1.807) is 12.1 Å². The van der Waals surface area contributed by atoms with E-state index in [0.717, 1.165) is 34.4 Å². The van der Waals surface area contributed by atoms with Gasteiger partial charge < -0.3 is 0 Å². The fraction of sp³-hybridized carbons (Fsp3) is 0.400. The second-order valence-electron chi connectivity index (χ2n) is 4.85. The molecule has 0 aliphatic carbocycles. The first-order valence-electron chi connectivity index (χ1n) is 7.06. The molecule has 114 valence electrons. The Labute approximate surface area is 132 Å². The molecule has 1 atom stereocenters. The van der Waals surface area contributed by atoms with Crippen LogP contribution in [0, 0.1) is 5.82 Å². The summed E-state index contributed by atoms with van der Waals surface area (Å²) in [4.78, 5) is 0. The molecule has 0 saturated carbocycles. The van der Waals surface area contributed by atoms with Gasteiger partial charge >= 0.3 is 0 Å². The summed E-state index contributed by atoms with van der Waals surface area (Å²) in [6.07, 6.45) is 1.56. The van der Waals surface area contributed by atoms with Gasteiger partial charge in [-0.05, 0) is 47.0 Å². The zero-order valence-electron chi connectivity index (χ0n) is 12.2. The number of aromatic nitrogens is 2. The van der Waals surface area contributed by atoms with E-state index < -0.39 is 0 Å². The van der Waals surface area contributed by atoms with Crippen LogP contribution in [-0.2, 0) is 19.4 Å². The molecule has 3 N–H and O–H groups in total. The Morgan fingerprint density at radius 1 is 1.33 bits per heavy atom. The molecule has 1 aromatic heterocycles. The Morgan fingerprint density at radius 3 is 2.52 bits per heavy atom. The standard InChI is InChI=1S/C15H20BrFN4/c1-3-12-15(16)14(21(4-2)20-12)9-13(19-18)10-5-7-11(17)8-6-10/h5-8,13,19H,3-4,9,18H2,1-2H3. The van der Waals surface area contributed by atoms with E-state index in [1.807, 2.05) is 4.68 Å². The van der Waals surface area contributed by atoms with Crippen molar-refractivity contribution in [3.8, 4) is 0 Å². The Hall–Kier alpha value is -1.24. The van der Waals surface area contributed by atoms with Gasteiger partial charge in [-0.15, -0.1) is 0 Å². The Bertz CT molecular complexity index is 594. The third kappa shape index (κ3) is 3.51. The zero-order chi connectivity index (χ0) is 15.4. The van der Waals surface area contributed by atoms with Gasteiger partial charge in [0.05, 0.1) is 21.9 Å². The van der Waals surface area contributed by atoms with Crippen LogP contribution in [0.4, 0.5) is 4.39 Å². The third-order valence-electron chi connectivity index (χ3n) is 3.57. The highest BCUT2D eigenvalue weighted by Crippen LogP contribution is 2.27. The maximum atomic E-state index is 13.0. The van der Waals surface area contributed by atoms with Gasteiger partial charge in [0, 0.05) is 13.0 Å². The number of halogens is 2. The second kappa shape index (κ2) is 7.15. The van der Waals surface area contributed by atoms with Crippen LogP contribution < -0.4 is 11.3 Å². The molecule has 0 amide bonds. The van der Waals surface area contributed by atoms with Crippen LogP contribution >= 0.6 is 15.9 Å². The number of nitrogens with one attached hydrogen (secondary N) is 1. The van der Waals surface area contributed by atoms with Crippen LogP contribution in [0.25, 0.3) is 0 Å². The monoisotopic (exact) mass is 354 g/mol. The van der Waals surface area contributed by atoms with Crippen molar-refractivity contribution in [2.24, 2.45) is 5.84 Å². The van der Waals surface area contributed by atoms with Gasteiger partial charge in [-0.2, -0.15) is 5.10 Å². The maximum Gasteiger partial charge on any atom is 0.123 e. The molecule has 0 fully saturated rings. The molecule has 4 nitrogen and oxygen atoms in total. The summed E-state index contributed by atoms with van der Waals surface area (Å²) in [6, 6.07) is 6.31. The number of hydrazine groups is 1. The van der Waals surface area contributed by atoms with Crippen molar-refractivity contribution >= 4 is 15.9 Å². The highest BCUT2D eigenvalue weighted by atomic mass is 79.9. The molecule has 0 aliphatic heterocycles. The van der Waals surface area contributed by atoms with E-state index >= 15 is 0 Å². The summed E-state index contributed by atoms with van der Waals surface area (Å²) in [6.45, 7) is 4.94. The minimum atomic E-state index is -0.248. The number of benzene rings is 1. The first-order chi connectivity index (χ1) is 10.1. The lowest BCUT2D eigenvalue weighted by molar-refractivity contribution is 0.514. The molecular formula is C15H20BrFN4. The predicted molar refractivity (Wildman–Crippen MR) is 85.1 cm³/mol. The van der Waals surface area contributed by atoms with E-state index in [4.69, 9.17) is 5.84 Å². The molecule has 21 heavy (non-hydrogen) atoms. The fourth-order valence-electron chi connectivity index (χ4n) is 2.37. The normalized spacial score (nSPS) is 12.6. The van der Waals surface area contributed by atoms with Gasteiger partial charge in [0.25, 0.3) is 0 Å². The van der Waals surface area contributed by atoms with Gasteiger partial charge in [0.2, 0.25) is 0 Å². The zero-order valence-corrected chi connectivity index (χ0v) is 13.8. The maximum absolute atomic E-state index is 13.0. The van der Waals surface area contributed by atoms with Crippen molar-refractivity contribution in [3.05, 3.63) is 51.5 Å². The lowest BCUT2D eigenvalue weighted by atomic mass is 10.0. The first kappa shape index (κ1) is 16.1. The molecule has 0 aliphatic rings. The highest BCUT2D eigenvalue weighted by molar-refractivity contribution is 9.10. The lowest BCUT2D eigenvalue weighted by Crippen LogP contribution is -2.30. The topological polar surface area (TPSA) is 55.9 Å². The van der Waals surface area contributed by atoms with E-state index in [9.17, 15) is 4.39 Å². The van der Waals surface area contributed by atoms with E-state index in [0.29, 0.717) is 6.42 Å². The van der Waals surface area contributed by atoms with Gasteiger partial charge in [-0.25, -0.2) is 4.39 Å². The molecule has 2 rings (SSSR count). The van der Waals surface area contributed by atoms with Crippen LogP contribution in [0.15, 0.2) is 28.7 Å². The van der Waals surface area contributed by atoms with Crippen molar-refractivity contribution in [3.63, 3.8) is 0 Å².